The molecule has 3 heterocycles. The number of thiazole rings is 1. The van der Waals surface area contributed by atoms with E-state index in [1.807, 2.05) is 31.2 Å². The molecule has 10 heteroatoms. The Labute approximate surface area is 176 Å². The molecule has 30 heavy (non-hydrogen) atoms. The summed E-state index contributed by atoms with van der Waals surface area (Å²) in [6.07, 6.45) is 0.194. The van der Waals surface area contributed by atoms with Crippen LogP contribution in [0.25, 0.3) is 10.2 Å². The van der Waals surface area contributed by atoms with Crippen LogP contribution in [0, 0.1) is 5.82 Å². The SMILES string of the molecule is CC1CN(C(=O)Nc2nc3ccccc3s2)CCN1c1ncc([C@H](O)CO)cc1F. The number of aromatic nitrogens is 2. The number of halogens is 1. The summed E-state index contributed by atoms with van der Waals surface area (Å²) in [4.78, 5) is 24.7. The van der Waals surface area contributed by atoms with Crippen LogP contribution in [-0.4, -0.2) is 63.4 Å². The Morgan fingerprint density at radius 3 is 2.90 bits per heavy atom. The monoisotopic (exact) mass is 431 g/mol. The van der Waals surface area contributed by atoms with E-state index in [2.05, 4.69) is 15.3 Å². The zero-order chi connectivity index (χ0) is 21.3. The summed E-state index contributed by atoms with van der Waals surface area (Å²) in [7, 11) is 0. The second kappa shape index (κ2) is 8.50. The third-order valence-electron chi connectivity index (χ3n) is 5.10. The molecule has 0 radical (unpaired) electrons. The van der Waals surface area contributed by atoms with Crippen LogP contribution in [0.3, 0.4) is 0 Å². The smallest absolute Gasteiger partial charge is 0.323 e. The Morgan fingerprint density at radius 2 is 2.20 bits per heavy atom. The molecule has 1 aromatic carbocycles. The van der Waals surface area contributed by atoms with Crippen LogP contribution < -0.4 is 10.2 Å². The number of fused-ring (bicyclic) bond motifs is 1. The first kappa shape index (κ1) is 20.5. The van der Waals surface area contributed by atoms with Gasteiger partial charge >= 0.3 is 6.03 Å². The van der Waals surface area contributed by atoms with Gasteiger partial charge in [0.15, 0.2) is 16.8 Å². The van der Waals surface area contributed by atoms with E-state index in [0.717, 1.165) is 10.2 Å². The summed E-state index contributed by atoms with van der Waals surface area (Å²) in [6.45, 7) is 2.62. The second-order valence-corrected chi connectivity index (χ2v) is 8.21. The van der Waals surface area contributed by atoms with Crippen molar-refractivity contribution >= 4 is 38.5 Å². The number of nitrogens with one attached hydrogen (secondary N) is 1. The van der Waals surface area contributed by atoms with Gasteiger partial charge in [-0.15, -0.1) is 0 Å². The number of para-hydroxylation sites is 1. The number of hydrogen-bond acceptors (Lipinski definition) is 7. The topological polar surface area (TPSA) is 102 Å². The van der Waals surface area contributed by atoms with Crippen LogP contribution in [0.2, 0.25) is 0 Å². The molecule has 2 aromatic heterocycles. The normalized spacial score (nSPS) is 17.9. The lowest BCUT2D eigenvalue weighted by molar-refractivity contribution is 0.0951. The number of amides is 2. The third kappa shape index (κ3) is 4.07. The molecule has 1 saturated heterocycles. The first-order valence-corrected chi connectivity index (χ1v) is 10.4. The molecule has 0 bridgehead atoms. The molecule has 3 N–H and O–H groups in total. The second-order valence-electron chi connectivity index (χ2n) is 7.18. The van der Waals surface area contributed by atoms with E-state index in [4.69, 9.17) is 5.11 Å². The van der Waals surface area contributed by atoms with Crippen molar-refractivity contribution in [2.24, 2.45) is 0 Å². The van der Waals surface area contributed by atoms with Gasteiger partial charge in [0.2, 0.25) is 0 Å². The summed E-state index contributed by atoms with van der Waals surface area (Å²) in [6, 6.07) is 8.47. The molecule has 8 nitrogen and oxygen atoms in total. The van der Waals surface area contributed by atoms with Crippen molar-refractivity contribution in [3.05, 3.63) is 47.9 Å². The summed E-state index contributed by atoms with van der Waals surface area (Å²) in [5.74, 6) is -0.401. The molecular weight excluding hydrogens is 409 g/mol. The molecule has 1 aliphatic rings. The van der Waals surface area contributed by atoms with Crippen LogP contribution >= 0.6 is 11.3 Å². The zero-order valence-corrected chi connectivity index (χ0v) is 17.1. The predicted molar refractivity (Wildman–Crippen MR) is 113 cm³/mol. The quantitative estimate of drug-likeness (QED) is 0.587. The molecule has 2 amide bonds. The minimum absolute atomic E-state index is 0.157. The predicted octanol–water partition coefficient (Wildman–Crippen LogP) is 2.60. The summed E-state index contributed by atoms with van der Waals surface area (Å²) >= 11 is 1.42. The van der Waals surface area contributed by atoms with Gasteiger partial charge in [0.05, 0.1) is 16.8 Å². The van der Waals surface area contributed by atoms with Gasteiger partial charge in [-0.3, -0.25) is 5.32 Å². The van der Waals surface area contributed by atoms with E-state index in [0.29, 0.717) is 24.8 Å². The number of anilines is 2. The fraction of sp³-hybridized carbons (Fsp3) is 0.350. The maximum absolute atomic E-state index is 14.6. The fourth-order valence-corrected chi connectivity index (χ4v) is 4.35. The summed E-state index contributed by atoms with van der Waals surface area (Å²) in [5, 5.41) is 22.0. The standard InChI is InChI=1S/C20H22FN5O3S/c1-12-10-25(20(29)24-19-23-15-4-2-3-5-17(15)30-19)6-7-26(12)18-14(21)8-13(9-22-18)16(28)11-27/h2-5,8-9,12,16,27-28H,6-7,10-11H2,1H3,(H,23,24,29)/t12?,16-/m1/s1. The highest BCUT2D eigenvalue weighted by Gasteiger charge is 2.29. The molecule has 1 fully saturated rings. The summed E-state index contributed by atoms with van der Waals surface area (Å²) in [5.41, 5.74) is 1.06. The number of hydrogen-bond donors (Lipinski definition) is 3. The van der Waals surface area contributed by atoms with Crippen molar-refractivity contribution in [3.63, 3.8) is 0 Å². The minimum Gasteiger partial charge on any atom is -0.393 e. The highest BCUT2D eigenvalue weighted by atomic mass is 32.1. The first-order chi connectivity index (χ1) is 14.5. The van der Waals surface area contributed by atoms with E-state index in [1.165, 1.54) is 23.6 Å². The number of carbonyl (C=O) groups is 1. The van der Waals surface area contributed by atoms with Crippen LogP contribution in [0.4, 0.5) is 20.1 Å². The van der Waals surface area contributed by atoms with E-state index in [9.17, 15) is 14.3 Å². The van der Waals surface area contributed by atoms with Gasteiger partial charge in [-0.05, 0) is 25.1 Å². The lowest BCUT2D eigenvalue weighted by Crippen LogP contribution is -2.55. The fourth-order valence-electron chi connectivity index (χ4n) is 3.50. The van der Waals surface area contributed by atoms with Crippen molar-refractivity contribution in [2.75, 3.05) is 36.5 Å². The molecule has 2 atom stereocenters. The molecule has 158 valence electrons. The van der Waals surface area contributed by atoms with Gasteiger partial charge in [-0.1, -0.05) is 23.5 Å². The average molecular weight is 431 g/mol. The van der Waals surface area contributed by atoms with Crippen LogP contribution in [0.15, 0.2) is 36.5 Å². The van der Waals surface area contributed by atoms with E-state index < -0.39 is 18.5 Å². The van der Waals surface area contributed by atoms with Gasteiger partial charge in [0, 0.05) is 37.4 Å². The van der Waals surface area contributed by atoms with E-state index in [1.54, 1.807) is 9.80 Å². The number of carbonyl (C=O) groups excluding carboxylic acids is 1. The maximum Gasteiger partial charge on any atom is 0.323 e. The van der Waals surface area contributed by atoms with Gasteiger partial charge in [-0.25, -0.2) is 19.2 Å². The van der Waals surface area contributed by atoms with E-state index in [-0.39, 0.29) is 23.5 Å². The maximum atomic E-state index is 14.6. The molecule has 1 unspecified atom stereocenters. The number of rotatable bonds is 4. The van der Waals surface area contributed by atoms with Crippen LogP contribution in [0.5, 0.6) is 0 Å². The van der Waals surface area contributed by atoms with Crippen molar-refractivity contribution in [2.45, 2.75) is 19.1 Å². The third-order valence-corrected chi connectivity index (χ3v) is 6.05. The minimum atomic E-state index is -1.17. The van der Waals surface area contributed by atoms with Crippen LogP contribution in [0.1, 0.15) is 18.6 Å². The molecule has 0 saturated carbocycles. The van der Waals surface area contributed by atoms with Crippen molar-refractivity contribution < 1.29 is 19.4 Å². The Hall–Kier alpha value is -2.82. The van der Waals surface area contributed by atoms with E-state index >= 15 is 0 Å². The lowest BCUT2D eigenvalue weighted by atomic mass is 10.1. The van der Waals surface area contributed by atoms with Gasteiger partial charge in [0.1, 0.15) is 6.10 Å². The Morgan fingerprint density at radius 1 is 1.40 bits per heavy atom. The van der Waals surface area contributed by atoms with Crippen LogP contribution in [-0.2, 0) is 0 Å². The largest absolute Gasteiger partial charge is 0.393 e. The number of aliphatic hydroxyl groups is 2. The van der Waals surface area contributed by atoms with Gasteiger partial charge in [-0.2, -0.15) is 0 Å². The first-order valence-electron chi connectivity index (χ1n) is 9.58. The molecule has 0 aliphatic carbocycles. The Balaban J connectivity index is 1.41. The lowest BCUT2D eigenvalue weighted by Gasteiger charge is -2.40. The molecular formula is C20H22FN5O3S. The number of benzene rings is 1. The Kier molecular flexibility index (Phi) is 5.80. The molecule has 1 aliphatic heterocycles. The van der Waals surface area contributed by atoms with Gasteiger partial charge < -0.3 is 20.0 Å². The highest BCUT2D eigenvalue weighted by Crippen LogP contribution is 2.27. The average Bonchev–Trinajstić information content (AvgIpc) is 3.15. The molecule has 3 aromatic rings. The number of aliphatic hydroxyl groups excluding tert-OH is 2. The number of nitrogens with zero attached hydrogens (tertiary/aromatic N) is 4. The number of pyridine rings is 1. The zero-order valence-electron chi connectivity index (χ0n) is 16.3. The van der Waals surface area contributed by atoms with Crippen molar-refractivity contribution in [3.8, 4) is 0 Å². The molecule has 4 rings (SSSR count). The highest BCUT2D eigenvalue weighted by molar-refractivity contribution is 7.22. The summed E-state index contributed by atoms with van der Waals surface area (Å²) < 4.78 is 15.6. The number of piperazine rings is 1. The van der Waals surface area contributed by atoms with Crippen molar-refractivity contribution in [1.82, 2.24) is 14.9 Å². The van der Waals surface area contributed by atoms with Crippen molar-refractivity contribution in [1.29, 1.82) is 0 Å². The Bertz CT molecular complexity index is 1030. The molecule has 0 spiro atoms. The number of urea groups is 1. The van der Waals surface area contributed by atoms with Gasteiger partial charge in [0.25, 0.3) is 0 Å².